The number of aliphatic hydroxyl groups is 1. The van der Waals surface area contributed by atoms with Crippen molar-refractivity contribution in [1.82, 2.24) is 0 Å². The number of para-hydroxylation sites is 1. The number of nitrogens with zero attached hydrogens (tertiary/aromatic N) is 1. The fourth-order valence-corrected chi connectivity index (χ4v) is 3.32. The molecule has 1 fully saturated rings. The summed E-state index contributed by atoms with van der Waals surface area (Å²) in [4.78, 5) is 27.0. The number of ketones is 1. The number of Topliss-reactive ketones (excluding diaryl/α,β-unsaturated/α-hetero) is 1. The van der Waals surface area contributed by atoms with Gasteiger partial charge in [-0.05, 0) is 55.5 Å². The molecule has 0 radical (unpaired) electrons. The van der Waals surface area contributed by atoms with Crippen LogP contribution in [0, 0.1) is 12.7 Å². The highest BCUT2D eigenvalue weighted by atomic mass is 19.1. The monoisotopic (exact) mass is 377 g/mol. The second-order valence-electron chi connectivity index (χ2n) is 6.46. The Morgan fingerprint density at radius 1 is 1.00 bits per heavy atom. The van der Waals surface area contributed by atoms with Gasteiger partial charge in [-0.15, -0.1) is 0 Å². The number of anilines is 1. The highest BCUT2D eigenvalue weighted by Gasteiger charge is 2.48. The van der Waals surface area contributed by atoms with Gasteiger partial charge < -0.3 is 9.52 Å². The number of aryl methyl sites for hydroxylation is 1. The summed E-state index contributed by atoms with van der Waals surface area (Å²) in [6.07, 6.45) is 0. The van der Waals surface area contributed by atoms with Crippen LogP contribution in [0.25, 0.3) is 5.76 Å². The Labute approximate surface area is 160 Å². The summed E-state index contributed by atoms with van der Waals surface area (Å²) in [5.41, 5.74) is 0.636. The van der Waals surface area contributed by atoms with Crippen LogP contribution in [-0.4, -0.2) is 16.8 Å². The number of hydrogen-bond acceptors (Lipinski definition) is 4. The molecule has 2 aromatic carbocycles. The van der Waals surface area contributed by atoms with Crippen molar-refractivity contribution in [2.24, 2.45) is 0 Å². The average molecular weight is 377 g/mol. The molecule has 5 nitrogen and oxygen atoms in total. The topological polar surface area (TPSA) is 70.8 Å². The van der Waals surface area contributed by atoms with Gasteiger partial charge in [-0.1, -0.05) is 18.2 Å². The van der Waals surface area contributed by atoms with Crippen molar-refractivity contribution in [1.29, 1.82) is 0 Å². The molecule has 1 unspecified atom stereocenters. The summed E-state index contributed by atoms with van der Waals surface area (Å²) in [5.74, 6) is -1.49. The zero-order valence-corrected chi connectivity index (χ0v) is 14.9. The minimum absolute atomic E-state index is 0.102. The summed E-state index contributed by atoms with van der Waals surface area (Å²) >= 11 is 0. The minimum Gasteiger partial charge on any atom is -0.507 e. The van der Waals surface area contributed by atoms with Crippen LogP contribution in [0.2, 0.25) is 0 Å². The van der Waals surface area contributed by atoms with Gasteiger partial charge >= 0.3 is 0 Å². The smallest absolute Gasteiger partial charge is 0.300 e. The number of rotatable bonds is 3. The van der Waals surface area contributed by atoms with Gasteiger partial charge in [0.15, 0.2) is 0 Å². The third kappa shape index (κ3) is 2.89. The number of amides is 1. The molecule has 140 valence electrons. The maximum absolute atomic E-state index is 13.3. The molecule has 1 amide bonds. The number of furan rings is 1. The number of carbonyl (C=O) groups is 2. The fraction of sp³-hybridized carbons (Fsp3) is 0.0909. The largest absolute Gasteiger partial charge is 0.507 e. The lowest BCUT2D eigenvalue weighted by atomic mass is 9.99. The maximum Gasteiger partial charge on any atom is 0.300 e. The van der Waals surface area contributed by atoms with E-state index >= 15 is 0 Å². The van der Waals surface area contributed by atoms with Crippen LogP contribution in [0.5, 0.6) is 0 Å². The molecular weight excluding hydrogens is 361 g/mol. The van der Waals surface area contributed by atoms with Crippen molar-refractivity contribution in [3.63, 3.8) is 0 Å². The lowest BCUT2D eigenvalue weighted by Gasteiger charge is -2.23. The summed E-state index contributed by atoms with van der Waals surface area (Å²) in [6, 6.07) is 16.2. The van der Waals surface area contributed by atoms with Gasteiger partial charge in [0.1, 0.15) is 29.1 Å². The zero-order chi connectivity index (χ0) is 19.8. The van der Waals surface area contributed by atoms with Crippen LogP contribution < -0.4 is 4.90 Å². The van der Waals surface area contributed by atoms with E-state index in [4.69, 9.17) is 4.42 Å². The van der Waals surface area contributed by atoms with Crippen LogP contribution in [-0.2, 0) is 9.59 Å². The maximum atomic E-state index is 13.3. The first-order valence-corrected chi connectivity index (χ1v) is 8.65. The van der Waals surface area contributed by atoms with E-state index in [1.165, 1.54) is 29.2 Å². The SMILES string of the molecule is Cc1ccc(C2/C(=C(/O)c3ccc(F)cc3)C(=O)C(=O)N2c2ccccc2)o1. The van der Waals surface area contributed by atoms with Crippen molar-refractivity contribution >= 4 is 23.1 Å². The standard InChI is InChI=1S/C22H16FNO4/c1-13-7-12-17(28-13)19-18(20(25)14-8-10-15(23)11-9-14)21(26)22(27)24(19)16-5-3-2-4-6-16/h2-12,19,25H,1H3/b20-18-. The summed E-state index contributed by atoms with van der Waals surface area (Å²) in [5, 5.41) is 10.8. The van der Waals surface area contributed by atoms with Gasteiger partial charge in [0.05, 0.1) is 5.57 Å². The predicted molar refractivity (Wildman–Crippen MR) is 101 cm³/mol. The van der Waals surface area contributed by atoms with Crippen molar-refractivity contribution < 1.29 is 23.5 Å². The number of halogens is 1. The van der Waals surface area contributed by atoms with Crippen molar-refractivity contribution in [2.45, 2.75) is 13.0 Å². The number of carbonyl (C=O) groups excluding carboxylic acids is 2. The first-order chi connectivity index (χ1) is 13.5. The zero-order valence-electron chi connectivity index (χ0n) is 14.9. The molecule has 0 aliphatic carbocycles. The molecule has 2 heterocycles. The predicted octanol–water partition coefficient (Wildman–Crippen LogP) is 4.35. The van der Waals surface area contributed by atoms with E-state index in [1.807, 2.05) is 0 Å². The van der Waals surface area contributed by atoms with Gasteiger partial charge in [0.25, 0.3) is 11.7 Å². The Bertz CT molecular complexity index is 1080. The van der Waals surface area contributed by atoms with E-state index in [9.17, 15) is 19.1 Å². The Hall–Kier alpha value is -3.67. The molecule has 3 aromatic rings. The van der Waals surface area contributed by atoms with Crippen LogP contribution in [0.4, 0.5) is 10.1 Å². The van der Waals surface area contributed by atoms with Gasteiger partial charge in [-0.3, -0.25) is 14.5 Å². The van der Waals surface area contributed by atoms with E-state index in [-0.39, 0.29) is 16.9 Å². The quantitative estimate of drug-likeness (QED) is 0.418. The van der Waals surface area contributed by atoms with Gasteiger partial charge in [-0.2, -0.15) is 0 Å². The highest BCUT2D eigenvalue weighted by Crippen LogP contribution is 2.42. The molecule has 0 spiro atoms. The number of aliphatic hydroxyl groups excluding tert-OH is 1. The van der Waals surface area contributed by atoms with Gasteiger partial charge in [-0.25, -0.2) is 4.39 Å². The summed E-state index contributed by atoms with van der Waals surface area (Å²) < 4.78 is 19.0. The summed E-state index contributed by atoms with van der Waals surface area (Å²) in [6.45, 7) is 1.75. The molecule has 28 heavy (non-hydrogen) atoms. The fourth-order valence-electron chi connectivity index (χ4n) is 3.32. The molecule has 1 aromatic heterocycles. The third-order valence-electron chi connectivity index (χ3n) is 4.63. The highest BCUT2D eigenvalue weighted by molar-refractivity contribution is 6.51. The van der Waals surface area contributed by atoms with Crippen LogP contribution in [0.15, 0.2) is 76.7 Å². The number of benzene rings is 2. The Morgan fingerprint density at radius 2 is 1.68 bits per heavy atom. The van der Waals surface area contributed by atoms with Crippen LogP contribution in [0.1, 0.15) is 23.1 Å². The summed E-state index contributed by atoms with van der Waals surface area (Å²) in [7, 11) is 0. The van der Waals surface area contributed by atoms with Crippen molar-refractivity contribution in [3.8, 4) is 0 Å². The minimum atomic E-state index is -0.929. The van der Waals surface area contributed by atoms with Crippen LogP contribution >= 0.6 is 0 Å². The molecule has 1 saturated heterocycles. The lowest BCUT2D eigenvalue weighted by Crippen LogP contribution is -2.29. The average Bonchev–Trinajstić information content (AvgIpc) is 3.24. The second-order valence-corrected chi connectivity index (χ2v) is 6.46. The molecule has 0 bridgehead atoms. The molecule has 6 heteroatoms. The first kappa shape index (κ1) is 17.7. The van der Waals surface area contributed by atoms with E-state index in [2.05, 4.69) is 0 Å². The van der Waals surface area contributed by atoms with Gasteiger partial charge in [0.2, 0.25) is 0 Å². The Kier molecular flexibility index (Phi) is 4.31. The van der Waals surface area contributed by atoms with Gasteiger partial charge in [0, 0.05) is 11.3 Å². The Balaban J connectivity index is 1.93. The number of hydrogen-bond donors (Lipinski definition) is 1. The molecule has 1 N–H and O–H groups in total. The molecule has 1 aliphatic rings. The van der Waals surface area contributed by atoms with E-state index in [0.29, 0.717) is 17.2 Å². The Morgan fingerprint density at radius 3 is 2.29 bits per heavy atom. The van der Waals surface area contributed by atoms with Crippen LogP contribution in [0.3, 0.4) is 0 Å². The lowest BCUT2D eigenvalue weighted by molar-refractivity contribution is -0.132. The van der Waals surface area contributed by atoms with E-state index in [0.717, 1.165) is 0 Å². The second kappa shape index (κ2) is 6.81. The molecule has 1 atom stereocenters. The van der Waals surface area contributed by atoms with Crippen molar-refractivity contribution in [3.05, 3.63) is 95.2 Å². The molecule has 4 rings (SSSR count). The van der Waals surface area contributed by atoms with E-state index in [1.54, 1.807) is 49.4 Å². The normalized spacial score (nSPS) is 18.6. The molecule has 0 saturated carbocycles. The van der Waals surface area contributed by atoms with Crippen molar-refractivity contribution in [2.75, 3.05) is 4.90 Å². The third-order valence-corrected chi connectivity index (χ3v) is 4.63. The first-order valence-electron chi connectivity index (χ1n) is 8.65. The molecular formula is C22H16FNO4. The molecule has 1 aliphatic heterocycles. The van der Waals surface area contributed by atoms with E-state index < -0.39 is 23.5 Å².